The zero-order valence-corrected chi connectivity index (χ0v) is 10.1. The van der Waals surface area contributed by atoms with Gasteiger partial charge in [-0.3, -0.25) is 0 Å². The van der Waals surface area contributed by atoms with Crippen LogP contribution in [0.15, 0.2) is 30.3 Å². The number of hydrogen-bond acceptors (Lipinski definition) is 3. The van der Waals surface area contributed by atoms with Gasteiger partial charge in [0.25, 0.3) is 0 Å². The lowest BCUT2D eigenvalue weighted by Crippen LogP contribution is -2.32. The first-order valence-corrected chi connectivity index (χ1v) is 6.37. The van der Waals surface area contributed by atoms with E-state index in [1.165, 1.54) is 0 Å². The molecule has 3 heteroatoms. The second kappa shape index (κ2) is 6.74. The van der Waals surface area contributed by atoms with E-state index in [-0.39, 0.29) is 12.6 Å². The minimum atomic E-state index is 0.0547. The van der Waals surface area contributed by atoms with Crippen molar-refractivity contribution >= 4 is 0 Å². The van der Waals surface area contributed by atoms with Gasteiger partial charge < -0.3 is 15.2 Å². The number of hydrogen-bond donors (Lipinski definition) is 2. The Morgan fingerprint density at radius 1 is 1.24 bits per heavy atom. The molecule has 1 fully saturated rings. The largest absolute Gasteiger partial charge is 0.394 e. The summed E-state index contributed by atoms with van der Waals surface area (Å²) in [4.78, 5) is 0. The summed E-state index contributed by atoms with van der Waals surface area (Å²) >= 11 is 0. The highest BCUT2D eigenvalue weighted by molar-refractivity contribution is 5.18. The highest BCUT2D eigenvalue weighted by atomic mass is 16.5. The average Bonchev–Trinajstić information content (AvgIpc) is 2.42. The maximum atomic E-state index is 9.42. The Balaban J connectivity index is 1.83. The summed E-state index contributed by atoms with van der Waals surface area (Å²) in [5.41, 5.74) is 1.15. The molecule has 94 valence electrons. The van der Waals surface area contributed by atoms with Crippen LogP contribution in [0.1, 0.15) is 24.4 Å². The second-order valence-corrected chi connectivity index (χ2v) is 4.61. The standard InChI is InChI=1S/C14H21NO2/c16-11-14(13-4-2-1-3-5-13)15-10-12-6-8-17-9-7-12/h1-5,12,14-16H,6-11H2/t14-/m0/s1. The van der Waals surface area contributed by atoms with Gasteiger partial charge in [-0.1, -0.05) is 30.3 Å². The van der Waals surface area contributed by atoms with Crippen LogP contribution in [-0.2, 0) is 4.74 Å². The fourth-order valence-electron chi connectivity index (χ4n) is 2.23. The normalized spacial score (nSPS) is 19.1. The van der Waals surface area contributed by atoms with Crippen LogP contribution in [0.4, 0.5) is 0 Å². The minimum Gasteiger partial charge on any atom is -0.394 e. The third-order valence-electron chi connectivity index (χ3n) is 3.38. The first kappa shape index (κ1) is 12.6. The van der Waals surface area contributed by atoms with Crippen molar-refractivity contribution in [1.29, 1.82) is 0 Å². The van der Waals surface area contributed by atoms with E-state index in [4.69, 9.17) is 4.74 Å². The van der Waals surface area contributed by atoms with Crippen LogP contribution in [0.3, 0.4) is 0 Å². The molecule has 1 atom stereocenters. The van der Waals surface area contributed by atoms with Crippen molar-refractivity contribution in [3.05, 3.63) is 35.9 Å². The molecule has 0 aromatic heterocycles. The van der Waals surface area contributed by atoms with Crippen LogP contribution in [0.2, 0.25) is 0 Å². The van der Waals surface area contributed by atoms with Crippen molar-refractivity contribution in [2.75, 3.05) is 26.4 Å². The Morgan fingerprint density at radius 3 is 2.59 bits per heavy atom. The highest BCUT2D eigenvalue weighted by Crippen LogP contribution is 2.16. The Bertz CT molecular complexity index is 309. The van der Waals surface area contributed by atoms with Gasteiger partial charge in [-0.05, 0) is 30.9 Å². The van der Waals surface area contributed by atoms with Gasteiger partial charge in [-0.2, -0.15) is 0 Å². The molecule has 3 nitrogen and oxygen atoms in total. The number of ether oxygens (including phenoxy) is 1. The third-order valence-corrected chi connectivity index (χ3v) is 3.38. The van der Waals surface area contributed by atoms with Gasteiger partial charge in [0.1, 0.15) is 0 Å². The molecule has 0 radical (unpaired) electrons. The van der Waals surface area contributed by atoms with E-state index in [2.05, 4.69) is 17.4 Å². The molecular weight excluding hydrogens is 214 g/mol. The topological polar surface area (TPSA) is 41.5 Å². The summed E-state index contributed by atoms with van der Waals surface area (Å²) in [6.45, 7) is 2.86. The summed E-state index contributed by atoms with van der Waals surface area (Å²) in [5, 5.41) is 12.9. The van der Waals surface area contributed by atoms with Gasteiger partial charge in [0.15, 0.2) is 0 Å². The van der Waals surface area contributed by atoms with Crippen molar-refractivity contribution in [2.24, 2.45) is 5.92 Å². The number of aliphatic hydroxyl groups excluding tert-OH is 1. The molecule has 1 saturated heterocycles. The molecule has 2 N–H and O–H groups in total. The predicted octanol–water partition coefficient (Wildman–Crippen LogP) is 1.74. The second-order valence-electron chi connectivity index (χ2n) is 4.61. The van der Waals surface area contributed by atoms with E-state index < -0.39 is 0 Å². The number of nitrogens with one attached hydrogen (secondary N) is 1. The molecule has 2 rings (SSSR count). The maximum absolute atomic E-state index is 9.42. The summed E-state index contributed by atoms with van der Waals surface area (Å²) in [5.74, 6) is 0.682. The SMILES string of the molecule is OC[C@H](NCC1CCOCC1)c1ccccc1. The number of rotatable bonds is 5. The Labute approximate surface area is 103 Å². The lowest BCUT2D eigenvalue weighted by molar-refractivity contribution is 0.0645. The Hall–Kier alpha value is -0.900. The van der Waals surface area contributed by atoms with Crippen molar-refractivity contribution in [1.82, 2.24) is 5.32 Å². The average molecular weight is 235 g/mol. The van der Waals surface area contributed by atoms with E-state index >= 15 is 0 Å². The van der Waals surface area contributed by atoms with Gasteiger partial charge in [0.05, 0.1) is 12.6 Å². The molecule has 0 spiro atoms. The molecule has 1 aliphatic rings. The van der Waals surface area contributed by atoms with Gasteiger partial charge in [-0.25, -0.2) is 0 Å². The Morgan fingerprint density at radius 2 is 1.94 bits per heavy atom. The number of benzene rings is 1. The van der Waals surface area contributed by atoms with Gasteiger partial charge in [-0.15, -0.1) is 0 Å². The maximum Gasteiger partial charge on any atom is 0.0626 e. The van der Waals surface area contributed by atoms with Crippen molar-refractivity contribution < 1.29 is 9.84 Å². The minimum absolute atomic E-state index is 0.0547. The first-order chi connectivity index (χ1) is 8.40. The van der Waals surface area contributed by atoms with Crippen molar-refractivity contribution in [3.8, 4) is 0 Å². The zero-order chi connectivity index (χ0) is 11.9. The van der Waals surface area contributed by atoms with Crippen LogP contribution in [-0.4, -0.2) is 31.5 Å². The lowest BCUT2D eigenvalue weighted by Gasteiger charge is -2.25. The van der Waals surface area contributed by atoms with E-state index in [0.717, 1.165) is 38.2 Å². The lowest BCUT2D eigenvalue weighted by atomic mass is 9.99. The van der Waals surface area contributed by atoms with Gasteiger partial charge in [0.2, 0.25) is 0 Å². The number of aliphatic hydroxyl groups is 1. The monoisotopic (exact) mass is 235 g/mol. The van der Waals surface area contributed by atoms with Crippen molar-refractivity contribution in [2.45, 2.75) is 18.9 Å². The summed E-state index contributed by atoms with van der Waals surface area (Å²) < 4.78 is 5.34. The Kier molecular flexibility index (Phi) is 4.98. The molecular formula is C14H21NO2. The summed E-state index contributed by atoms with van der Waals surface area (Å²) in [6.07, 6.45) is 2.25. The molecule has 0 unspecified atom stereocenters. The molecule has 1 aliphatic heterocycles. The summed E-state index contributed by atoms with van der Waals surface area (Å²) in [6, 6.07) is 10.2. The fourth-order valence-corrected chi connectivity index (χ4v) is 2.23. The molecule has 17 heavy (non-hydrogen) atoms. The van der Waals surface area contributed by atoms with Crippen molar-refractivity contribution in [3.63, 3.8) is 0 Å². The van der Waals surface area contributed by atoms with E-state index in [0.29, 0.717) is 5.92 Å². The molecule has 1 heterocycles. The zero-order valence-electron chi connectivity index (χ0n) is 10.1. The quantitative estimate of drug-likeness (QED) is 0.816. The van der Waals surface area contributed by atoms with Gasteiger partial charge >= 0.3 is 0 Å². The van der Waals surface area contributed by atoms with Crippen LogP contribution >= 0.6 is 0 Å². The van der Waals surface area contributed by atoms with E-state index in [1.807, 2.05) is 18.2 Å². The van der Waals surface area contributed by atoms with Gasteiger partial charge in [0, 0.05) is 13.2 Å². The molecule has 0 aliphatic carbocycles. The third kappa shape index (κ3) is 3.80. The summed E-state index contributed by atoms with van der Waals surface area (Å²) in [7, 11) is 0. The molecule has 0 bridgehead atoms. The molecule has 0 amide bonds. The van der Waals surface area contributed by atoms with Crippen LogP contribution in [0.5, 0.6) is 0 Å². The van der Waals surface area contributed by atoms with Crippen LogP contribution < -0.4 is 5.32 Å². The molecule has 1 aromatic carbocycles. The van der Waals surface area contributed by atoms with Crippen LogP contribution in [0, 0.1) is 5.92 Å². The molecule has 0 saturated carbocycles. The molecule has 1 aromatic rings. The highest BCUT2D eigenvalue weighted by Gasteiger charge is 2.16. The smallest absolute Gasteiger partial charge is 0.0626 e. The van der Waals surface area contributed by atoms with Crippen LogP contribution in [0.25, 0.3) is 0 Å². The van der Waals surface area contributed by atoms with E-state index in [9.17, 15) is 5.11 Å². The first-order valence-electron chi connectivity index (χ1n) is 6.37. The predicted molar refractivity (Wildman–Crippen MR) is 67.8 cm³/mol. The fraction of sp³-hybridized carbons (Fsp3) is 0.571. The van der Waals surface area contributed by atoms with E-state index in [1.54, 1.807) is 0 Å².